The summed E-state index contributed by atoms with van der Waals surface area (Å²) in [5.41, 5.74) is 1.48. The number of nitrogens with one attached hydrogen (secondary N) is 1. The van der Waals surface area contributed by atoms with Gasteiger partial charge in [0.05, 0.1) is 19.2 Å². The van der Waals surface area contributed by atoms with E-state index in [0.29, 0.717) is 11.3 Å². The highest BCUT2D eigenvalue weighted by molar-refractivity contribution is 6.01. The Morgan fingerprint density at radius 3 is 2.62 bits per heavy atom. The summed E-state index contributed by atoms with van der Waals surface area (Å²) in [4.78, 5) is 22.5. The van der Waals surface area contributed by atoms with Crippen molar-refractivity contribution in [2.75, 3.05) is 13.7 Å². The summed E-state index contributed by atoms with van der Waals surface area (Å²) in [5.74, 6) is 0.150. The van der Waals surface area contributed by atoms with Crippen LogP contribution in [-0.2, 0) is 4.79 Å². The van der Waals surface area contributed by atoms with Crippen molar-refractivity contribution in [2.45, 2.75) is 13.8 Å². The van der Waals surface area contributed by atoms with Gasteiger partial charge in [0.2, 0.25) is 5.91 Å². The first-order valence-corrected chi connectivity index (χ1v) is 4.97. The number of benzene rings is 1. The van der Waals surface area contributed by atoms with Crippen molar-refractivity contribution in [1.82, 2.24) is 5.32 Å². The third-order valence-electron chi connectivity index (χ3n) is 2.15. The molecular formula is C12H15NO3. The van der Waals surface area contributed by atoms with Gasteiger partial charge in [0, 0.05) is 6.92 Å². The maximum absolute atomic E-state index is 11.8. The summed E-state index contributed by atoms with van der Waals surface area (Å²) in [5, 5.41) is 2.47. The van der Waals surface area contributed by atoms with Gasteiger partial charge in [-0.1, -0.05) is 11.6 Å². The van der Waals surface area contributed by atoms with Crippen LogP contribution in [-0.4, -0.2) is 25.3 Å². The van der Waals surface area contributed by atoms with Crippen LogP contribution in [0.15, 0.2) is 18.2 Å². The molecule has 0 aliphatic heterocycles. The second kappa shape index (κ2) is 5.30. The van der Waals surface area contributed by atoms with E-state index in [2.05, 4.69) is 5.32 Å². The molecule has 4 nitrogen and oxygen atoms in total. The molecule has 1 amide bonds. The van der Waals surface area contributed by atoms with E-state index in [4.69, 9.17) is 4.74 Å². The fourth-order valence-corrected chi connectivity index (χ4v) is 1.34. The Hall–Kier alpha value is -1.84. The SMILES string of the molecule is COc1ccc(C)cc1C(=O)CNC(C)=O. The topological polar surface area (TPSA) is 55.4 Å². The zero-order valence-electron chi connectivity index (χ0n) is 9.66. The van der Waals surface area contributed by atoms with Crippen molar-refractivity contribution >= 4 is 11.7 Å². The fourth-order valence-electron chi connectivity index (χ4n) is 1.34. The van der Waals surface area contributed by atoms with Crippen molar-refractivity contribution in [2.24, 2.45) is 0 Å². The molecule has 0 fully saturated rings. The lowest BCUT2D eigenvalue weighted by atomic mass is 10.1. The Labute approximate surface area is 94.6 Å². The first kappa shape index (κ1) is 12.2. The number of amides is 1. The van der Waals surface area contributed by atoms with Crippen LogP contribution in [0.25, 0.3) is 0 Å². The molecule has 1 aromatic rings. The average Bonchev–Trinajstić information content (AvgIpc) is 2.25. The van der Waals surface area contributed by atoms with Crippen molar-refractivity contribution in [1.29, 1.82) is 0 Å². The monoisotopic (exact) mass is 221 g/mol. The van der Waals surface area contributed by atoms with Crippen LogP contribution in [0.4, 0.5) is 0 Å². The number of aryl methyl sites for hydroxylation is 1. The van der Waals surface area contributed by atoms with Crippen LogP contribution in [0, 0.1) is 6.92 Å². The third kappa shape index (κ3) is 3.08. The maximum atomic E-state index is 11.8. The molecule has 86 valence electrons. The number of Topliss-reactive ketones (excluding diaryl/α,β-unsaturated/α-hetero) is 1. The van der Waals surface area contributed by atoms with Gasteiger partial charge in [0.25, 0.3) is 0 Å². The lowest BCUT2D eigenvalue weighted by Gasteiger charge is -2.08. The van der Waals surface area contributed by atoms with Gasteiger partial charge in [-0.2, -0.15) is 0 Å². The van der Waals surface area contributed by atoms with E-state index in [9.17, 15) is 9.59 Å². The quantitative estimate of drug-likeness (QED) is 0.780. The highest BCUT2D eigenvalue weighted by Crippen LogP contribution is 2.19. The zero-order chi connectivity index (χ0) is 12.1. The second-order valence-electron chi connectivity index (χ2n) is 3.54. The largest absolute Gasteiger partial charge is 0.496 e. The molecule has 0 unspecified atom stereocenters. The Balaban J connectivity index is 2.88. The number of ketones is 1. The van der Waals surface area contributed by atoms with Crippen LogP contribution in [0.3, 0.4) is 0 Å². The molecule has 0 aromatic heterocycles. The van der Waals surface area contributed by atoms with Crippen molar-refractivity contribution in [3.05, 3.63) is 29.3 Å². The lowest BCUT2D eigenvalue weighted by Crippen LogP contribution is -2.27. The van der Waals surface area contributed by atoms with Crippen LogP contribution >= 0.6 is 0 Å². The van der Waals surface area contributed by atoms with Gasteiger partial charge in [-0.3, -0.25) is 9.59 Å². The molecule has 4 heteroatoms. The molecule has 0 bridgehead atoms. The molecule has 0 atom stereocenters. The number of hydrogen-bond acceptors (Lipinski definition) is 3. The number of carbonyl (C=O) groups is 2. The van der Waals surface area contributed by atoms with E-state index >= 15 is 0 Å². The summed E-state index contributed by atoms with van der Waals surface area (Å²) in [6.07, 6.45) is 0. The lowest BCUT2D eigenvalue weighted by molar-refractivity contribution is -0.118. The molecular weight excluding hydrogens is 206 g/mol. The van der Waals surface area contributed by atoms with Gasteiger partial charge < -0.3 is 10.1 Å². The van der Waals surface area contributed by atoms with Gasteiger partial charge in [-0.05, 0) is 19.1 Å². The first-order valence-electron chi connectivity index (χ1n) is 4.97. The molecule has 0 spiro atoms. The van der Waals surface area contributed by atoms with Gasteiger partial charge in [0.15, 0.2) is 5.78 Å². The minimum Gasteiger partial charge on any atom is -0.496 e. The van der Waals surface area contributed by atoms with Gasteiger partial charge in [-0.15, -0.1) is 0 Å². The van der Waals surface area contributed by atoms with Crippen LogP contribution in [0.2, 0.25) is 0 Å². The fraction of sp³-hybridized carbons (Fsp3) is 0.333. The van der Waals surface area contributed by atoms with E-state index in [0.717, 1.165) is 5.56 Å². The van der Waals surface area contributed by atoms with Crippen LogP contribution in [0.5, 0.6) is 5.75 Å². The molecule has 0 aliphatic carbocycles. The van der Waals surface area contributed by atoms with E-state index in [1.165, 1.54) is 14.0 Å². The average molecular weight is 221 g/mol. The minimum absolute atomic E-state index is 0.00481. The standard InChI is InChI=1S/C12H15NO3/c1-8-4-5-12(16-3)10(6-8)11(15)7-13-9(2)14/h4-6H,7H2,1-3H3,(H,13,14). The molecule has 1 rings (SSSR count). The zero-order valence-corrected chi connectivity index (χ0v) is 9.66. The summed E-state index contributed by atoms with van der Waals surface area (Å²) in [6, 6.07) is 5.37. The van der Waals surface area contributed by atoms with Crippen molar-refractivity contribution in [3.63, 3.8) is 0 Å². The van der Waals surface area contributed by atoms with E-state index in [1.54, 1.807) is 12.1 Å². The van der Waals surface area contributed by atoms with E-state index in [-0.39, 0.29) is 18.2 Å². The molecule has 0 saturated carbocycles. The second-order valence-corrected chi connectivity index (χ2v) is 3.54. The van der Waals surface area contributed by atoms with Crippen molar-refractivity contribution < 1.29 is 14.3 Å². The third-order valence-corrected chi connectivity index (χ3v) is 2.15. The van der Waals surface area contributed by atoms with Crippen LogP contribution < -0.4 is 10.1 Å². The normalized spacial score (nSPS) is 9.69. The molecule has 0 radical (unpaired) electrons. The number of rotatable bonds is 4. The summed E-state index contributed by atoms with van der Waals surface area (Å²) < 4.78 is 5.09. The Kier molecular flexibility index (Phi) is 4.05. The van der Waals surface area contributed by atoms with Gasteiger partial charge >= 0.3 is 0 Å². The number of carbonyl (C=O) groups excluding carboxylic acids is 2. The van der Waals surface area contributed by atoms with E-state index < -0.39 is 0 Å². The number of methoxy groups -OCH3 is 1. The summed E-state index contributed by atoms with van der Waals surface area (Å²) in [7, 11) is 1.51. The summed E-state index contributed by atoms with van der Waals surface area (Å²) in [6.45, 7) is 3.27. The molecule has 0 heterocycles. The Bertz CT molecular complexity index is 413. The minimum atomic E-state index is -0.222. The Morgan fingerprint density at radius 2 is 2.06 bits per heavy atom. The van der Waals surface area contributed by atoms with Crippen molar-refractivity contribution in [3.8, 4) is 5.75 Å². The predicted octanol–water partition coefficient (Wildman–Crippen LogP) is 1.32. The molecule has 1 N–H and O–H groups in total. The Morgan fingerprint density at radius 1 is 1.38 bits per heavy atom. The molecule has 0 saturated heterocycles. The van der Waals surface area contributed by atoms with Gasteiger partial charge in [0.1, 0.15) is 5.75 Å². The number of ether oxygens (including phenoxy) is 1. The maximum Gasteiger partial charge on any atom is 0.217 e. The summed E-state index contributed by atoms with van der Waals surface area (Å²) >= 11 is 0. The molecule has 16 heavy (non-hydrogen) atoms. The first-order chi connectivity index (χ1) is 7.54. The van der Waals surface area contributed by atoms with Crippen LogP contribution in [0.1, 0.15) is 22.8 Å². The number of hydrogen-bond donors (Lipinski definition) is 1. The molecule has 1 aromatic carbocycles. The molecule has 0 aliphatic rings. The highest BCUT2D eigenvalue weighted by atomic mass is 16.5. The van der Waals surface area contributed by atoms with Gasteiger partial charge in [-0.25, -0.2) is 0 Å². The highest BCUT2D eigenvalue weighted by Gasteiger charge is 2.12. The smallest absolute Gasteiger partial charge is 0.217 e. The predicted molar refractivity (Wildman–Crippen MR) is 60.7 cm³/mol. The van der Waals surface area contributed by atoms with E-state index in [1.807, 2.05) is 13.0 Å².